The Morgan fingerprint density at radius 1 is 1.24 bits per heavy atom. The van der Waals surface area contributed by atoms with E-state index in [0.717, 1.165) is 24.0 Å². The number of ether oxygens (including phenoxy) is 2. The number of hydrogen-bond acceptors (Lipinski definition) is 4. The SMILES string of the molecule is Cc1ccc(Cl)cc1C(O)c1ccc2c(c1)[C@]1(OCCC(CC3CC3)O1)C(=O)N2. The molecule has 5 nitrogen and oxygen atoms in total. The van der Waals surface area contributed by atoms with Gasteiger partial charge in [0.05, 0.1) is 18.4 Å². The topological polar surface area (TPSA) is 67.8 Å². The maximum absolute atomic E-state index is 12.9. The summed E-state index contributed by atoms with van der Waals surface area (Å²) in [5.41, 5.74) is 3.66. The van der Waals surface area contributed by atoms with E-state index in [9.17, 15) is 9.90 Å². The second-order valence-corrected chi connectivity index (χ2v) is 8.77. The average Bonchev–Trinajstić information content (AvgIpc) is 3.49. The molecular formula is C23H24ClNO4. The Hall–Kier alpha value is -1.92. The molecule has 2 aliphatic heterocycles. The van der Waals surface area contributed by atoms with Crippen LogP contribution in [-0.4, -0.2) is 23.7 Å². The van der Waals surface area contributed by atoms with E-state index in [-0.39, 0.29) is 12.0 Å². The minimum Gasteiger partial charge on any atom is -0.384 e. The van der Waals surface area contributed by atoms with Crippen molar-refractivity contribution in [2.75, 3.05) is 11.9 Å². The van der Waals surface area contributed by atoms with Gasteiger partial charge in [0.25, 0.3) is 11.7 Å². The summed E-state index contributed by atoms with van der Waals surface area (Å²) >= 11 is 6.13. The summed E-state index contributed by atoms with van der Waals surface area (Å²) in [5.74, 6) is -1.01. The number of anilines is 1. The number of aryl methyl sites for hydroxylation is 1. The lowest BCUT2D eigenvalue weighted by Gasteiger charge is -2.37. The monoisotopic (exact) mass is 413 g/mol. The number of carbonyl (C=O) groups excluding carboxylic acids is 1. The maximum atomic E-state index is 12.9. The predicted molar refractivity (Wildman–Crippen MR) is 110 cm³/mol. The number of amides is 1. The molecule has 2 unspecified atom stereocenters. The van der Waals surface area contributed by atoms with Gasteiger partial charge in [0, 0.05) is 10.6 Å². The molecule has 0 radical (unpaired) electrons. The summed E-state index contributed by atoms with van der Waals surface area (Å²) in [6, 6.07) is 10.9. The first-order chi connectivity index (χ1) is 14.0. The van der Waals surface area contributed by atoms with E-state index in [4.69, 9.17) is 21.1 Å². The summed E-state index contributed by atoms with van der Waals surface area (Å²) in [7, 11) is 0. The molecule has 2 aromatic carbocycles. The van der Waals surface area contributed by atoms with Gasteiger partial charge in [-0.15, -0.1) is 0 Å². The van der Waals surface area contributed by atoms with Gasteiger partial charge in [-0.1, -0.05) is 36.6 Å². The van der Waals surface area contributed by atoms with Crippen LogP contribution in [0.25, 0.3) is 0 Å². The zero-order valence-electron chi connectivity index (χ0n) is 16.3. The van der Waals surface area contributed by atoms with Crippen LogP contribution in [-0.2, 0) is 20.1 Å². The van der Waals surface area contributed by atoms with Crippen LogP contribution in [0.4, 0.5) is 5.69 Å². The van der Waals surface area contributed by atoms with Crippen molar-refractivity contribution in [1.82, 2.24) is 0 Å². The number of benzene rings is 2. The highest BCUT2D eigenvalue weighted by Gasteiger charge is 2.53. The fourth-order valence-electron chi connectivity index (χ4n) is 4.34. The second kappa shape index (κ2) is 7.10. The van der Waals surface area contributed by atoms with Crippen molar-refractivity contribution in [3.8, 4) is 0 Å². The van der Waals surface area contributed by atoms with E-state index >= 15 is 0 Å². The number of carbonyl (C=O) groups is 1. The summed E-state index contributed by atoms with van der Waals surface area (Å²) in [5, 5.41) is 14.5. The van der Waals surface area contributed by atoms with E-state index in [1.54, 1.807) is 18.2 Å². The number of aliphatic hydroxyl groups excluding tert-OH is 1. The number of halogens is 1. The van der Waals surface area contributed by atoms with Gasteiger partial charge in [0.2, 0.25) is 0 Å². The molecule has 0 bridgehead atoms. The minimum atomic E-state index is -1.42. The molecule has 6 heteroatoms. The fraction of sp³-hybridized carbons (Fsp3) is 0.435. The molecule has 29 heavy (non-hydrogen) atoms. The van der Waals surface area contributed by atoms with Gasteiger partial charge < -0.3 is 19.9 Å². The third-order valence-corrected chi connectivity index (χ3v) is 6.40. The minimum absolute atomic E-state index is 0.0108. The van der Waals surface area contributed by atoms with Gasteiger partial charge in [-0.3, -0.25) is 4.79 Å². The molecule has 1 saturated heterocycles. The summed E-state index contributed by atoms with van der Waals surface area (Å²) in [6.07, 6.45) is 3.40. The smallest absolute Gasteiger partial charge is 0.289 e. The van der Waals surface area contributed by atoms with Crippen molar-refractivity contribution >= 4 is 23.2 Å². The number of rotatable bonds is 4. The second-order valence-electron chi connectivity index (χ2n) is 8.34. The first kappa shape index (κ1) is 19.1. The molecule has 1 amide bonds. The normalized spacial score (nSPS) is 27.0. The van der Waals surface area contributed by atoms with Crippen molar-refractivity contribution in [3.63, 3.8) is 0 Å². The first-order valence-corrected chi connectivity index (χ1v) is 10.6. The maximum Gasteiger partial charge on any atom is 0.289 e. The highest BCUT2D eigenvalue weighted by atomic mass is 35.5. The lowest BCUT2D eigenvalue weighted by atomic mass is 9.94. The van der Waals surface area contributed by atoms with Crippen molar-refractivity contribution in [1.29, 1.82) is 0 Å². The zero-order chi connectivity index (χ0) is 20.2. The summed E-state index contributed by atoms with van der Waals surface area (Å²) in [4.78, 5) is 12.9. The molecule has 2 heterocycles. The highest BCUT2D eigenvalue weighted by molar-refractivity contribution is 6.30. The van der Waals surface area contributed by atoms with Crippen molar-refractivity contribution in [2.45, 2.75) is 50.6 Å². The van der Waals surface area contributed by atoms with Crippen LogP contribution in [0, 0.1) is 12.8 Å². The lowest BCUT2D eigenvalue weighted by molar-refractivity contribution is -0.281. The number of hydrogen-bond donors (Lipinski definition) is 2. The quantitative estimate of drug-likeness (QED) is 0.777. The zero-order valence-corrected chi connectivity index (χ0v) is 17.0. The summed E-state index contributed by atoms with van der Waals surface area (Å²) < 4.78 is 12.2. The predicted octanol–water partition coefficient (Wildman–Crippen LogP) is 4.44. The first-order valence-electron chi connectivity index (χ1n) is 10.2. The van der Waals surface area contributed by atoms with E-state index < -0.39 is 11.9 Å². The Morgan fingerprint density at radius 3 is 2.86 bits per heavy atom. The molecule has 3 atom stereocenters. The fourth-order valence-corrected chi connectivity index (χ4v) is 4.52. The van der Waals surface area contributed by atoms with Crippen molar-refractivity contribution in [3.05, 3.63) is 63.7 Å². The van der Waals surface area contributed by atoms with Gasteiger partial charge in [-0.05, 0) is 66.6 Å². The molecule has 5 rings (SSSR count). The molecule has 1 saturated carbocycles. The molecule has 2 N–H and O–H groups in total. The third kappa shape index (κ3) is 3.36. The molecule has 2 fully saturated rings. The molecule has 0 aromatic heterocycles. The van der Waals surface area contributed by atoms with Crippen molar-refractivity contribution in [2.24, 2.45) is 5.92 Å². The third-order valence-electron chi connectivity index (χ3n) is 6.17. The molecule has 2 aromatic rings. The van der Waals surface area contributed by atoms with Gasteiger partial charge in [0.1, 0.15) is 6.10 Å². The Kier molecular flexibility index (Phi) is 4.67. The standard InChI is InChI=1S/C23H24ClNO4/c1-13-2-6-16(24)12-18(13)21(26)15-5-7-20-19(11-15)23(22(27)25-20)28-9-8-17(29-23)10-14-3-4-14/h2,5-7,11-12,14,17,21,26H,3-4,8-10H2,1H3,(H,25,27)/t17?,21?,23-/m1/s1. The van der Waals surface area contributed by atoms with Crippen LogP contribution in [0.5, 0.6) is 0 Å². The molecule has 1 spiro atoms. The van der Waals surface area contributed by atoms with E-state index in [0.29, 0.717) is 34.4 Å². The molecule has 152 valence electrons. The van der Waals surface area contributed by atoms with Gasteiger partial charge in [-0.25, -0.2) is 0 Å². The Balaban J connectivity index is 1.50. The summed E-state index contributed by atoms with van der Waals surface area (Å²) in [6.45, 7) is 2.41. The molecule has 3 aliphatic rings. The van der Waals surface area contributed by atoms with E-state index in [1.165, 1.54) is 12.8 Å². The molecule has 1 aliphatic carbocycles. The molecular weight excluding hydrogens is 390 g/mol. The van der Waals surface area contributed by atoms with Gasteiger partial charge in [0.15, 0.2) is 0 Å². The Bertz CT molecular complexity index is 973. The lowest BCUT2D eigenvalue weighted by Crippen LogP contribution is -2.47. The van der Waals surface area contributed by atoms with Crippen LogP contribution >= 0.6 is 11.6 Å². The van der Waals surface area contributed by atoms with Crippen LogP contribution in [0.2, 0.25) is 5.02 Å². The average molecular weight is 414 g/mol. The number of fused-ring (bicyclic) bond motifs is 2. The number of nitrogens with one attached hydrogen (secondary N) is 1. The number of aliphatic hydroxyl groups is 1. The van der Waals surface area contributed by atoms with Crippen LogP contribution in [0.3, 0.4) is 0 Å². The van der Waals surface area contributed by atoms with Crippen LogP contribution in [0.15, 0.2) is 36.4 Å². The van der Waals surface area contributed by atoms with E-state index in [1.807, 2.05) is 25.1 Å². The van der Waals surface area contributed by atoms with Gasteiger partial charge in [-0.2, -0.15) is 0 Å². The van der Waals surface area contributed by atoms with Gasteiger partial charge >= 0.3 is 0 Å². The Labute approximate surface area is 175 Å². The van der Waals surface area contributed by atoms with Crippen LogP contribution in [0.1, 0.15) is 54.0 Å². The van der Waals surface area contributed by atoms with Crippen LogP contribution < -0.4 is 5.32 Å². The Morgan fingerprint density at radius 2 is 2.07 bits per heavy atom. The highest BCUT2D eigenvalue weighted by Crippen LogP contribution is 2.46. The largest absolute Gasteiger partial charge is 0.384 e. The van der Waals surface area contributed by atoms with Crippen molar-refractivity contribution < 1.29 is 19.4 Å². The van der Waals surface area contributed by atoms with E-state index in [2.05, 4.69) is 5.32 Å².